The largest absolute Gasteiger partial charge is 0.319 e. The standard InChI is InChI=1S/C11H12BrN3/c1-13-5-4-10-9-3-2-8(12)6-11(9)15-7-14-10/h2-3,6-7,13H,4-5H2,1H3. The fraction of sp³-hybridized carbons (Fsp3) is 0.273. The van der Waals surface area contributed by atoms with Crippen LogP contribution in [-0.4, -0.2) is 23.6 Å². The minimum absolute atomic E-state index is 0.928. The molecule has 0 spiro atoms. The van der Waals surface area contributed by atoms with Gasteiger partial charge < -0.3 is 5.32 Å². The molecule has 0 amide bonds. The highest BCUT2D eigenvalue weighted by atomic mass is 79.9. The van der Waals surface area contributed by atoms with Crippen molar-refractivity contribution in [3.8, 4) is 0 Å². The summed E-state index contributed by atoms with van der Waals surface area (Å²) in [4.78, 5) is 8.56. The van der Waals surface area contributed by atoms with Crippen LogP contribution in [0.4, 0.5) is 0 Å². The van der Waals surface area contributed by atoms with E-state index in [0.717, 1.165) is 34.0 Å². The van der Waals surface area contributed by atoms with Crippen molar-refractivity contribution in [2.24, 2.45) is 0 Å². The van der Waals surface area contributed by atoms with E-state index >= 15 is 0 Å². The topological polar surface area (TPSA) is 37.8 Å². The minimum atomic E-state index is 0.928. The molecule has 1 N–H and O–H groups in total. The van der Waals surface area contributed by atoms with Crippen molar-refractivity contribution in [2.45, 2.75) is 6.42 Å². The summed E-state index contributed by atoms with van der Waals surface area (Å²) in [5.74, 6) is 0. The van der Waals surface area contributed by atoms with E-state index in [0.29, 0.717) is 0 Å². The van der Waals surface area contributed by atoms with Crippen LogP contribution < -0.4 is 5.32 Å². The molecule has 0 saturated carbocycles. The Morgan fingerprint density at radius 2 is 2.20 bits per heavy atom. The van der Waals surface area contributed by atoms with E-state index in [1.54, 1.807) is 6.33 Å². The van der Waals surface area contributed by atoms with Gasteiger partial charge >= 0.3 is 0 Å². The summed E-state index contributed by atoms with van der Waals surface area (Å²) in [5, 5.41) is 4.26. The molecule has 2 aromatic rings. The van der Waals surface area contributed by atoms with E-state index in [1.807, 2.05) is 19.2 Å². The highest BCUT2D eigenvalue weighted by molar-refractivity contribution is 9.10. The summed E-state index contributed by atoms with van der Waals surface area (Å²) < 4.78 is 1.05. The molecule has 1 aromatic heterocycles. The van der Waals surface area contributed by atoms with Gasteiger partial charge in [0, 0.05) is 22.8 Å². The summed E-state index contributed by atoms with van der Waals surface area (Å²) in [6, 6.07) is 6.10. The molecule has 4 heteroatoms. The number of hydrogen-bond donors (Lipinski definition) is 1. The summed E-state index contributed by atoms with van der Waals surface area (Å²) in [7, 11) is 1.94. The van der Waals surface area contributed by atoms with E-state index in [-0.39, 0.29) is 0 Å². The lowest BCUT2D eigenvalue weighted by Gasteiger charge is -2.04. The van der Waals surface area contributed by atoms with Crippen LogP contribution in [0.3, 0.4) is 0 Å². The molecule has 1 aromatic carbocycles. The molecule has 1 heterocycles. The minimum Gasteiger partial charge on any atom is -0.319 e. The van der Waals surface area contributed by atoms with Crippen molar-refractivity contribution in [3.05, 3.63) is 34.7 Å². The molecule has 0 unspecified atom stereocenters. The van der Waals surface area contributed by atoms with Crippen LogP contribution in [0.1, 0.15) is 5.69 Å². The monoisotopic (exact) mass is 265 g/mol. The third-order valence-electron chi connectivity index (χ3n) is 2.29. The number of nitrogens with zero attached hydrogens (tertiary/aromatic N) is 2. The molecule has 2 rings (SSSR count). The molecule has 0 fully saturated rings. The molecule has 0 aliphatic heterocycles. The fourth-order valence-electron chi connectivity index (χ4n) is 1.53. The number of nitrogens with one attached hydrogen (secondary N) is 1. The van der Waals surface area contributed by atoms with Crippen LogP contribution >= 0.6 is 15.9 Å². The van der Waals surface area contributed by atoms with E-state index in [1.165, 1.54) is 0 Å². The van der Waals surface area contributed by atoms with Crippen LogP contribution in [0.5, 0.6) is 0 Å². The number of hydrogen-bond acceptors (Lipinski definition) is 3. The van der Waals surface area contributed by atoms with Crippen LogP contribution in [-0.2, 0) is 6.42 Å². The summed E-state index contributed by atoms with van der Waals surface area (Å²) >= 11 is 3.44. The van der Waals surface area contributed by atoms with Gasteiger partial charge in [0.15, 0.2) is 0 Å². The molecule has 0 aliphatic carbocycles. The average Bonchev–Trinajstić information content (AvgIpc) is 2.25. The third-order valence-corrected chi connectivity index (χ3v) is 2.79. The first-order valence-electron chi connectivity index (χ1n) is 4.85. The summed E-state index contributed by atoms with van der Waals surface area (Å²) in [5.41, 5.74) is 2.09. The summed E-state index contributed by atoms with van der Waals surface area (Å²) in [6.07, 6.45) is 2.55. The number of rotatable bonds is 3. The molecule has 15 heavy (non-hydrogen) atoms. The maximum absolute atomic E-state index is 4.31. The molecule has 0 saturated heterocycles. The molecule has 0 bridgehead atoms. The van der Waals surface area contributed by atoms with Gasteiger partial charge in [-0.25, -0.2) is 9.97 Å². The molecule has 0 atom stereocenters. The molecule has 0 aliphatic rings. The van der Waals surface area contributed by atoms with Gasteiger partial charge in [-0.3, -0.25) is 0 Å². The summed E-state index contributed by atoms with van der Waals surface area (Å²) in [6.45, 7) is 0.933. The lowest BCUT2D eigenvalue weighted by atomic mass is 10.1. The van der Waals surface area contributed by atoms with Gasteiger partial charge in [0.25, 0.3) is 0 Å². The number of likely N-dealkylation sites (N-methyl/N-ethyl adjacent to an activating group) is 1. The Labute approximate surface area is 97.1 Å². The van der Waals surface area contributed by atoms with Crippen molar-refractivity contribution < 1.29 is 0 Å². The highest BCUT2D eigenvalue weighted by Crippen LogP contribution is 2.19. The van der Waals surface area contributed by atoms with Crippen LogP contribution in [0.2, 0.25) is 0 Å². The second kappa shape index (κ2) is 4.68. The quantitative estimate of drug-likeness (QED) is 0.925. The van der Waals surface area contributed by atoms with Crippen molar-refractivity contribution in [2.75, 3.05) is 13.6 Å². The second-order valence-electron chi connectivity index (χ2n) is 3.34. The van der Waals surface area contributed by atoms with Gasteiger partial charge in [-0.2, -0.15) is 0 Å². The maximum Gasteiger partial charge on any atom is 0.116 e. The predicted octanol–water partition coefficient (Wildman–Crippen LogP) is 2.15. The SMILES string of the molecule is CNCCc1ncnc2cc(Br)ccc12. The first-order valence-corrected chi connectivity index (χ1v) is 5.64. The van der Waals surface area contributed by atoms with Crippen molar-refractivity contribution in [1.29, 1.82) is 0 Å². The fourth-order valence-corrected chi connectivity index (χ4v) is 1.88. The second-order valence-corrected chi connectivity index (χ2v) is 4.25. The maximum atomic E-state index is 4.31. The van der Waals surface area contributed by atoms with E-state index in [4.69, 9.17) is 0 Å². The Hall–Kier alpha value is -1.000. The Balaban J connectivity index is 2.46. The lowest BCUT2D eigenvalue weighted by Crippen LogP contribution is -2.11. The zero-order valence-corrected chi connectivity index (χ0v) is 10.1. The van der Waals surface area contributed by atoms with Gasteiger partial charge in [-0.15, -0.1) is 0 Å². The Kier molecular flexibility index (Phi) is 3.28. The molecule has 0 radical (unpaired) electrons. The normalized spacial score (nSPS) is 10.8. The zero-order valence-electron chi connectivity index (χ0n) is 8.50. The van der Waals surface area contributed by atoms with E-state index in [9.17, 15) is 0 Å². The first-order chi connectivity index (χ1) is 7.31. The van der Waals surface area contributed by atoms with E-state index in [2.05, 4.69) is 37.3 Å². The molecule has 78 valence electrons. The van der Waals surface area contributed by atoms with Crippen LogP contribution in [0.25, 0.3) is 10.9 Å². The van der Waals surface area contributed by atoms with Gasteiger partial charge in [0.05, 0.1) is 11.2 Å². The van der Waals surface area contributed by atoms with Gasteiger partial charge in [0.2, 0.25) is 0 Å². The number of fused-ring (bicyclic) bond motifs is 1. The number of aromatic nitrogens is 2. The molecular weight excluding hydrogens is 254 g/mol. The Bertz CT molecular complexity index is 470. The van der Waals surface area contributed by atoms with Crippen LogP contribution in [0, 0.1) is 0 Å². The average molecular weight is 266 g/mol. The zero-order chi connectivity index (χ0) is 10.7. The third kappa shape index (κ3) is 2.33. The van der Waals surface area contributed by atoms with Crippen molar-refractivity contribution in [1.82, 2.24) is 15.3 Å². The smallest absolute Gasteiger partial charge is 0.116 e. The van der Waals surface area contributed by atoms with E-state index < -0.39 is 0 Å². The number of benzene rings is 1. The van der Waals surface area contributed by atoms with Gasteiger partial charge in [-0.1, -0.05) is 15.9 Å². The highest BCUT2D eigenvalue weighted by Gasteiger charge is 2.02. The Morgan fingerprint density at radius 1 is 1.33 bits per heavy atom. The predicted molar refractivity (Wildman–Crippen MR) is 64.9 cm³/mol. The van der Waals surface area contributed by atoms with Gasteiger partial charge in [-0.05, 0) is 25.2 Å². The molecule has 3 nitrogen and oxygen atoms in total. The van der Waals surface area contributed by atoms with Crippen molar-refractivity contribution >= 4 is 26.8 Å². The molecular formula is C11H12BrN3. The lowest BCUT2D eigenvalue weighted by molar-refractivity contribution is 0.779. The van der Waals surface area contributed by atoms with Crippen molar-refractivity contribution in [3.63, 3.8) is 0 Å². The first kappa shape index (κ1) is 10.5. The van der Waals surface area contributed by atoms with Gasteiger partial charge in [0.1, 0.15) is 6.33 Å². The Morgan fingerprint density at radius 3 is 3.00 bits per heavy atom. The van der Waals surface area contributed by atoms with Crippen LogP contribution in [0.15, 0.2) is 29.0 Å². The number of halogens is 1.